The summed E-state index contributed by atoms with van der Waals surface area (Å²) in [4.78, 5) is 3.99. The van der Waals surface area contributed by atoms with E-state index in [1.165, 1.54) is 11.5 Å². The molecule has 0 atom stereocenters. The van der Waals surface area contributed by atoms with Gasteiger partial charge in [0.25, 0.3) is 0 Å². The van der Waals surface area contributed by atoms with Gasteiger partial charge in [-0.15, -0.1) is 0 Å². The van der Waals surface area contributed by atoms with Crippen LogP contribution < -0.4 is 0 Å². The highest BCUT2D eigenvalue weighted by atomic mass is 32.2. The van der Waals surface area contributed by atoms with Crippen molar-refractivity contribution in [3.05, 3.63) is 6.33 Å². The molecule has 0 unspecified atom stereocenters. The molecule has 0 aliphatic carbocycles. The maximum absolute atomic E-state index is 4.07. The molecule has 0 aromatic carbocycles. The van der Waals surface area contributed by atoms with Crippen molar-refractivity contribution in [3.8, 4) is 0 Å². The lowest BCUT2D eigenvalue weighted by Crippen LogP contribution is -1.76. The molecule has 0 spiro atoms. The molecule has 1 rings (SSSR count). The molecule has 0 saturated carbocycles. The molecule has 1 aromatic heterocycles. The monoisotopic (exact) mass is 178 g/mol. The second-order valence-electron chi connectivity index (χ2n) is 1.28. The van der Waals surface area contributed by atoms with E-state index in [1.54, 1.807) is 18.1 Å². The summed E-state index contributed by atoms with van der Waals surface area (Å²) in [5.74, 6) is 1.91. The van der Waals surface area contributed by atoms with Gasteiger partial charge in [-0.3, -0.25) is 0 Å². The Morgan fingerprint density at radius 2 is 2.67 bits per heavy atom. The second kappa shape index (κ2) is 4.14. The summed E-state index contributed by atoms with van der Waals surface area (Å²) in [7, 11) is 0. The minimum Gasteiger partial charge on any atom is -0.216 e. The summed E-state index contributed by atoms with van der Waals surface area (Å²) < 4.78 is 4.89. The molecule has 0 radical (unpaired) electrons. The average molecular weight is 178 g/mol. The zero-order valence-corrected chi connectivity index (χ0v) is 7.18. The molecule has 1 aromatic rings. The van der Waals surface area contributed by atoms with E-state index in [9.17, 15) is 0 Å². The third-order valence-corrected chi connectivity index (χ3v) is 2.98. The Labute approximate surface area is 67.7 Å². The highest BCUT2D eigenvalue weighted by Gasteiger charge is 1.93. The van der Waals surface area contributed by atoms with Crippen LogP contribution in [0.4, 0.5) is 0 Å². The minimum atomic E-state index is 0.893. The molecule has 0 aliphatic heterocycles. The summed E-state index contributed by atoms with van der Waals surface area (Å²) >= 11 is 7.19. The van der Waals surface area contributed by atoms with E-state index < -0.39 is 0 Å². The van der Waals surface area contributed by atoms with Crippen LogP contribution in [-0.4, -0.2) is 20.9 Å². The van der Waals surface area contributed by atoms with E-state index in [-0.39, 0.29) is 0 Å². The molecule has 0 saturated heterocycles. The van der Waals surface area contributed by atoms with Crippen LogP contribution in [0.2, 0.25) is 0 Å². The minimum absolute atomic E-state index is 0.893. The Kier molecular flexibility index (Phi) is 3.39. The first-order chi connectivity index (χ1) is 4.43. The van der Waals surface area contributed by atoms with E-state index in [0.717, 1.165) is 15.8 Å². The van der Waals surface area contributed by atoms with Gasteiger partial charge in [0.2, 0.25) is 0 Å². The fraction of sp³-hybridized carbons (Fsp3) is 0.500. The normalized spacial score (nSPS) is 9.89. The molecule has 0 N–H and O–H groups in total. The van der Waals surface area contributed by atoms with E-state index in [2.05, 4.69) is 22.0 Å². The third kappa shape index (κ3) is 2.55. The molecule has 9 heavy (non-hydrogen) atoms. The first kappa shape index (κ1) is 7.37. The topological polar surface area (TPSA) is 25.8 Å². The van der Waals surface area contributed by atoms with Gasteiger partial charge in [0, 0.05) is 5.75 Å². The van der Waals surface area contributed by atoms with Crippen molar-refractivity contribution in [3.63, 3.8) is 0 Å². The van der Waals surface area contributed by atoms with Gasteiger partial charge >= 0.3 is 0 Å². The van der Waals surface area contributed by atoms with Crippen molar-refractivity contribution in [2.24, 2.45) is 0 Å². The van der Waals surface area contributed by atoms with Gasteiger partial charge < -0.3 is 0 Å². The Bertz CT molecular complexity index is 151. The summed E-state index contributed by atoms with van der Waals surface area (Å²) in [6, 6.07) is 0. The predicted octanol–water partition coefficient (Wildman–Crippen LogP) is 1.56. The third-order valence-electron chi connectivity index (χ3n) is 0.658. The smallest absolute Gasteiger partial charge is 0.169 e. The lowest BCUT2D eigenvalue weighted by molar-refractivity contribution is 1.21. The van der Waals surface area contributed by atoms with Crippen LogP contribution >= 0.6 is 35.9 Å². The molecular weight excluding hydrogens is 172 g/mol. The van der Waals surface area contributed by atoms with Gasteiger partial charge in [-0.2, -0.15) is 17.0 Å². The van der Waals surface area contributed by atoms with Gasteiger partial charge in [-0.25, -0.2) is 4.98 Å². The SMILES string of the molecule is SCCSc1ncns1. The Morgan fingerprint density at radius 3 is 3.22 bits per heavy atom. The average Bonchev–Trinajstić information content (AvgIpc) is 2.34. The van der Waals surface area contributed by atoms with Crippen molar-refractivity contribution in [1.82, 2.24) is 9.36 Å². The molecule has 0 bridgehead atoms. The van der Waals surface area contributed by atoms with Crippen molar-refractivity contribution in [2.75, 3.05) is 11.5 Å². The zero-order chi connectivity index (χ0) is 6.53. The van der Waals surface area contributed by atoms with E-state index in [4.69, 9.17) is 0 Å². The van der Waals surface area contributed by atoms with Gasteiger partial charge in [-0.1, -0.05) is 11.8 Å². The Balaban J connectivity index is 2.30. The van der Waals surface area contributed by atoms with E-state index in [0.29, 0.717) is 0 Å². The first-order valence-corrected chi connectivity index (χ1v) is 4.83. The molecule has 50 valence electrons. The first-order valence-electron chi connectivity index (χ1n) is 2.44. The highest BCUT2D eigenvalue weighted by molar-refractivity contribution is 8.01. The second-order valence-corrected chi connectivity index (χ2v) is 3.85. The fourth-order valence-corrected chi connectivity index (χ4v) is 1.89. The number of aromatic nitrogens is 2. The largest absolute Gasteiger partial charge is 0.216 e. The number of hydrogen-bond donors (Lipinski definition) is 1. The summed E-state index contributed by atoms with van der Waals surface area (Å²) in [6.45, 7) is 0. The fourth-order valence-electron chi connectivity index (χ4n) is 0.360. The zero-order valence-electron chi connectivity index (χ0n) is 4.65. The van der Waals surface area contributed by atoms with Crippen LogP contribution in [0.5, 0.6) is 0 Å². The van der Waals surface area contributed by atoms with Gasteiger partial charge in [0.05, 0.1) is 0 Å². The van der Waals surface area contributed by atoms with Gasteiger partial charge in [0.15, 0.2) is 4.34 Å². The number of thiol groups is 1. The van der Waals surface area contributed by atoms with Gasteiger partial charge in [-0.05, 0) is 17.3 Å². The van der Waals surface area contributed by atoms with Crippen LogP contribution in [0.15, 0.2) is 10.7 Å². The quantitative estimate of drug-likeness (QED) is 0.562. The molecular formula is C4H6N2S3. The summed E-state index contributed by atoms with van der Waals surface area (Å²) in [5.41, 5.74) is 0. The van der Waals surface area contributed by atoms with E-state index in [1.807, 2.05) is 0 Å². The Morgan fingerprint density at radius 1 is 1.78 bits per heavy atom. The number of thioether (sulfide) groups is 1. The molecule has 0 fully saturated rings. The van der Waals surface area contributed by atoms with Crippen LogP contribution in [0.3, 0.4) is 0 Å². The van der Waals surface area contributed by atoms with Gasteiger partial charge in [0.1, 0.15) is 6.33 Å². The summed E-state index contributed by atoms with van der Waals surface area (Å²) in [6.07, 6.45) is 1.57. The predicted molar refractivity (Wildman–Crippen MR) is 44.5 cm³/mol. The molecule has 0 amide bonds. The molecule has 2 nitrogen and oxygen atoms in total. The lowest BCUT2D eigenvalue weighted by Gasteiger charge is -1.87. The van der Waals surface area contributed by atoms with Crippen molar-refractivity contribution < 1.29 is 0 Å². The highest BCUT2D eigenvalue weighted by Crippen LogP contribution is 2.17. The maximum atomic E-state index is 4.07. The Hall–Kier alpha value is 0.260. The van der Waals surface area contributed by atoms with Crippen LogP contribution in [0.1, 0.15) is 0 Å². The van der Waals surface area contributed by atoms with Crippen molar-refractivity contribution in [1.29, 1.82) is 0 Å². The van der Waals surface area contributed by atoms with Crippen LogP contribution in [0, 0.1) is 0 Å². The van der Waals surface area contributed by atoms with E-state index >= 15 is 0 Å². The molecule has 0 aliphatic rings. The van der Waals surface area contributed by atoms with Crippen LogP contribution in [0.25, 0.3) is 0 Å². The molecule has 1 heterocycles. The number of rotatable bonds is 3. The van der Waals surface area contributed by atoms with Crippen LogP contribution in [-0.2, 0) is 0 Å². The van der Waals surface area contributed by atoms with Crippen molar-refractivity contribution >= 4 is 35.9 Å². The number of nitrogens with zero attached hydrogens (tertiary/aromatic N) is 2. The summed E-state index contributed by atoms with van der Waals surface area (Å²) in [5, 5.41) is 0. The molecule has 5 heteroatoms. The van der Waals surface area contributed by atoms with Crippen molar-refractivity contribution in [2.45, 2.75) is 4.34 Å². The maximum Gasteiger partial charge on any atom is 0.169 e. The lowest BCUT2D eigenvalue weighted by atomic mass is 11.0. The number of hydrogen-bond acceptors (Lipinski definition) is 5. The standard InChI is InChI=1S/C4H6N2S3/c7-1-2-8-4-5-3-6-9-4/h3,7H,1-2H2.